The number of hydrogen-bond acceptors (Lipinski definition) is 4. The quantitative estimate of drug-likeness (QED) is 0.692. The summed E-state index contributed by atoms with van der Waals surface area (Å²) >= 11 is 9.20. The van der Waals surface area contributed by atoms with Gasteiger partial charge in [-0.3, -0.25) is 0 Å². The Hall–Kier alpha value is -1.33. The van der Waals surface area contributed by atoms with Crippen LogP contribution in [0.4, 0.5) is 0 Å². The Labute approximate surface area is 131 Å². The summed E-state index contributed by atoms with van der Waals surface area (Å²) in [6.45, 7) is 2.75. The molecule has 0 amide bonds. The lowest BCUT2D eigenvalue weighted by atomic mass is 10.3. The van der Waals surface area contributed by atoms with Crippen LogP contribution in [-0.2, 0) is 0 Å². The molecule has 0 unspecified atom stereocenters. The third-order valence-corrected chi connectivity index (χ3v) is 3.29. The highest BCUT2D eigenvalue weighted by molar-refractivity contribution is 9.10. The molecular weight excluding hydrogens is 344 g/mol. The summed E-state index contributed by atoms with van der Waals surface area (Å²) in [5, 5.41) is 0.464. The maximum atomic E-state index is 5.75. The molecule has 2 aromatic rings. The largest absolute Gasteiger partial charge is 0.488 e. The summed E-state index contributed by atoms with van der Waals surface area (Å²) in [6, 6.07) is 5.80. The molecule has 0 N–H and O–H groups in total. The fraction of sp³-hybridized carbons (Fsp3) is 0.286. The zero-order valence-corrected chi connectivity index (χ0v) is 13.3. The van der Waals surface area contributed by atoms with Gasteiger partial charge in [-0.2, -0.15) is 0 Å². The topological polar surface area (TPSA) is 44.2 Å². The minimum atomic E-state index is 0.229. The lowest BCUT2D eigenvalue weighted by molar-refractivity contribution is 0.290. The minimum Gasteiger partial charge on any atom is -0.488 e. The second kappa shape index (κ2) is 7.45. The number of nitrogens with zero attached hydrogens (tertiary/aromatic N) is 2. The Balaban J connectivity index is 2.17. The maximum Gasteiger partial charge on any atom is 0.322 e. The first-order valence-electron chi connectivity index (χ1n) is 6.27. The van der Waals surface area contributed by atoms with Gasteiger partial charge in [0.25, 0.3) is 0 Å². The van der Waals surface area contributed by atoms with Crippen LogP contribution in [0.15, 0.2) is 35.1 Å². The van der Waals surface area contributed by atoms with Crippen molar-refractivity contribution in [2.75, 3.05) is 6.61 Å². The molecule has 0 saturated carbocycles. The lowest BCUT2D eigenvalue weighted by Crippen LogP contribution is -2.00. The van der Waals surface area contributed by atoms with Crippen LogP contribution in [0.1, 0.15) is 19.8 Å². The van der Waals surface area contributed by atoms with E-state index in [1.807, 2.05) is 18.2 Å². The van der Waals surface area contributed by atoms with E-state index in [9.17, 15) is 0 Å². The first-order chi connectivity index (χ1) is 9.70. The third-order valence-electron chi connectivity index (χ3n) is 2.47. The Morgan fingerprint density at radius 3 is 2.70 bits per heavy atom. The number of para-hydroxylation sites is 1. The molecule has 6 heteroatoms. The van der Waals surface area contributed by atoms with Gasteiger partial charge in [-0.05, 0) is 34.5 Å². The van der Waals surface area contributed by atoms with Crippen molar-refractivity contribution in [3.63, 3.8) is 0 Å². The van der Waals surface area contributed by atoms with Gasteiger partial charge in [0.2, 0.25) is 0 Å². The van der Waals surface area contributed by atoms with E-state index in [0.717, 1.165) is 17.3 Å². The van der Waals surface area contributed by atoms with E-state index < -0.39 is 0 Å². The van der Waals surface area contributed by atoms with Gasteiger partial charge in [-0.15, -0.1) is 0 Å². The van der Waals surface area contributed by atoms with E-state index >= 15 is 0 Å². The van der Waals surface area contributed by atoms with E-state index in [2.05, 4.69) is 32.8 Å². The van der Waals surface area contributed by atoms with Crippen LogP contribution < -0.4 is 9.47 Å². The molecule has 0 aliphatic carbocycles. The first-order valence-corrected chi connectivity index (χ1v) is 7.44. The van der Waals surface area contributed by atoms with E-state index in [1.165, 1.54) is 12.4 Å². The molecule has 20 heavy (non-hydrogen) atoms. The van der Waals surface area contributed by atoms with Crippen LogP contribution in [0.5, 0.6) is 17.5 Å². The van der Waals surface area contributed by atoms with Crippen molar-refractivity contribution in [3.8, 4) is 17.5 Å². The van der Waals surface area contributed by atoms with E-state index in [1.54, 1.807) is 0 Å². The summed E-state index contributed by atoms with van der Waals surface area (Å²) in [5.41, 5.74) is 0. The third kappa shape index (κ3) is 4.08. The molecule has 1 aromatic carbocycles. The predicted octanol–water partition coefficient (Wildman–Crippen LogP) is 4.86. The van der Waals surface area contributed by atoms with Crippen molar-refractivity contribution in [1.82, 2.24) is 9.97 Å². The number of rotatable bonds is 6. The number of unbranched alkanes of at least 4 members (excludes halogenated alkanes) is 1. The van der Waals surface area contributed by atoms with Gasteiger partial charge in [0, 0.05) is 0 Å². The molecule has 4 nitrogen and oxygen atoms in total. The summed E-state index contributed by atoms with van der Waals surface area (Å²) in [4.78, 5) is 8.01. The zero-order chi connectivity index (χ0) is 14.4. The van der Waals surface area contributed by atoms with Crippen LogP contribution in [0.2, 0.25) is 5.02 Å². The number of benzene rings is 1. The fourth-order valence-corrected chi connectivity index (χ4v) is 2.04. The Bertz CT molecular complexity index is 564. The van der Waals surface area contributed by atoms with Crippen molar-refractivity contribution in [2.24, 2.45) is 0 Å². The molecule has 0 spiro atoms. The summed E-state index contributed by atoms with van der Waals surface area (Å²) in [5.74, 6) is 1.22. The van der Waals surface area contributed by atoms with Gasteiger partial charge in [0.05, 0.1) is 28.5 Å². The molecule has 0 bridgehead atoms. The molecule has 1 aromatic heterocycles. The monoisotopic (exact) mass is 356 g/mol. The Morgan fingerprint density at radius 1 is 1.25 bits per heavy atom. The molecule has 0 fully saturated rings. The number of halogens is 2. The second-order valence-electron chi connectivity index (χ2n) is 4.06. The molecular formula is C14H14BrClN2O2. The van der Waals surface area contributed by atoms with Gasteiger partial charge in [-0.1, -0.05) is 31.0 Å². The van der Waals surface area contributed by atoms with Crippen molar-refractivity contribution < 1.29 is 9.47 Å². The van der Waals surface area contributed by atoms with Crippen molar-refractivity contribution in [1.29, 1.82) is 0 Å². The van der Waals surface area contributed by atoms with Gasteiger partial charge in [0.1, 0.15) is 0 Å². The fourth-order valence-electron chi connectivity index (χ4n) is 1.48. The Morgan fingerprint density at radius 2 is 2.00 bits per heavy atom. The maximum absolute atomic E-state index is 5.75. The van der Waals surface area contributed by atoms with Crippen molar-refractivity contribution >= 4 is 27.5 Å². The minimum absolute atomic E-state index is 0.229. The molecule has 0 radical (unpaired) electrons. The van der Waals surface area contributed by atoms with E-state index in [-0.39, 0.29) is 6.01 Å². The first kappa shape index (κ1) is 15.1. The van der Waals surface area contributed by atoms with Crippen LogP contribution in [0.3, 0.4) is 0 Å². The summed E-state index contributed by atoms with van der Waals surface area (Å²) in [7, 11) is 0. The summed E-state index contributed by atoms with van der Waals surface area (Å²) < 4.78 is 12.2. The molecule has 2 rings (SSSR count). The number of hydrogen-bond donors (Lipinski definition) is 0. The van der Waals surface area contributed by atoms with E-state index in [0.29, 0.717) is 23.1 Å². The van der Waals surface area contributed by atoms with Gasteiger partial charge in [-0.25, -0.2) is 9.97 Å². The van der Waals surface area contributed by atoms with Crippen LogP contribution in [0.25, 0.3) is 0 Å². The molecule has 106 valence electrons. The van der Waals surface area contributed by atoms with Crippen molar-refractivity contribution in [2.45, 2.75) is 19.8 Å². The molecule has 0 aliphatic rings. The predicted molar refractivity (Wildman–Crippen MR) is 81.7 cm³/mol. The van der Waals surface area contributed by atoms with Crippen LogP contribution >= 0.6 is 27.5 Å². The normalized spacial score (nSPS) is 10.3. The SMILES string of the molecule is CCCCOc1c(Br)cccc1Oc1ncc(Cl)cn1. The molecule has 0 atom stereocenters. The van der Waals surface area contributed by atoms with Gasteiger partial charge >= 0.3 is 6.01 Å². The number of aromatic nitrogens is 2. The standard InChI is InChI=1S/C14H14BrClN2O2/c1-2-3-7-19-13-11(15)5-4-6-12(13)20-14-17-8-10(16)9-18-14/h4-6,8-9H,2-3,7H2,1H3. The summed E-state index contributed by atoms with van der Waals surface area (Å²) in [6.07, 6.45) is 5.03. The molecule has 0 saturated heterocycles. The average Bonchev–Trinajstić information content (AvgIpc) is 2.44. The van der Waals surface area contributed by atoms with Crippen molar-refractivity contribution in [3.05, 3.63) is 40.1 Å². The highest BCUT2D eigenvalue weighted by Crippen LogP contribution is 2.37. The van der Waals surface area contributed by atoms with Gasteiger partial charge < -0.3 is 9.47 Å². The zero-order valence-electron chi connectivity index (χ0n) is 11.0. The highest BCUT2D eigenvalue weighted by Gasteiger charge is 2.11. The average molecular weight is 358 g/mol. The lowest BCUT2D eigenvalue weighted by Gasteiger charge is -2.12. The van der Waals surface area contributed by atoms with Crippen LogP contribution in [-0.4, -0.2) is 16.6 Å². The number of ether oxygens (including phenoxy) is 2. The smallest absolute Gasteiger partial charge is 0.322 e. The van der Waals surface area contributed by atoms with Gasteiger partial charge in [0.15, 0.2) is 11.5 Å². The molecule has 1 heterocycles. The second-order valence-corrected chi connectivity index (χ2v) is 5.35. The van der Waals surface area contributed by atoms with Crippen LogP contribution in [0, 0.1) is 0 Å². The highest BCUT2D eigenvalue weighted by atomic mass is 79.9. The molecule has 0 aliphatic heterocycles. The Kier molecular flexibility index (Phi) is 5.61. The van der Waals surface area contributed by atoms with E-state index in [4.69, 9.17) is 21.1 Å².